The molecular formula is C37H23NO2. The van der Waals surface area contributed by atoms with Crippen molar-refractivity contribution in [2.45, 2.75) is 0 Å². The molecule has 188 valence electrons. The van der Waals surface area contributed by atoms with Gasteiger partial charge in [-0.1, -0.05) is 78.9 Å². The predicted octanol–water partition coefficient (Wildman–Crippen LogP) is 10.5. The molecule has 8 aromatic rings. The van der Waals surface area contributed by atoms with Crippen LogP contribution in [0.3, 0.4) is 0 Å². The van der Waals surface area contributed by atoms with Gasteiger partial charge in [0.25, 0.3) is 0 Å². The number of hydrogen-bond acceptors (Lipinski definition) is 2. The number of benzene rings is 5. The molecule has 0 radical (unpaired) electrons. The van der Waals surface area contributed by atoms with Crippen LogP contribution in [0.4, 0.5) is 0 Å². The van der Waals surface area contributed by atoms with Crippen molar-refractivity contribution >= 4 is 66.4 Å². The van der Waals surface area contributed by atoms with E-state index in [1.807, 2.05) is 42.5 Å². The first kappa shape index (κ1) is 21.4. The van der Waals surface area contributed by atoms with E-state index in [-0.39, 0.29) is 1.43 Å². The number of allylic oxidation sites excluding steroid dienone is 2. The Morgan fingerprint density at radius 1 is 0.600 bits per heavy atom. The highest BCUT2D eigenvalue weighted by atomic mass is 16.3. The van der Waals surface area contributed by atoms with Gasteiger partial charge in [0, 0.05) is 56.1 Å². The molecule has 40 heavy (non-hydrogen) atoms. The maximum Gasteiger partial charge on any atom is 0.143 e. The van der Waals surface area contributed by atoms with E-state index < -0.39 is 0 Å². The van der Waals surface area contributed by atoms with Crippen molar-refractivity contribution in [3.05, 3.63) is 138 Å². The number of para-hydroxylation sites is 3. The fourth-order valence-corrected chi connectivity index (χ4v) is 6.19. The third-order valence-electron chi connectivity index (χ3n) is 8.08. The molecule has 0 saturated carbocycles. The van der Waals surface area contributed by atoms with Crippen molar-refractivity contribution in [2.24, 2.45) is 0 Å². The molecule has 3 heteroatoms. The van der Waals surface area contributed by atoms with E-state index in [0.717, 1.165) is 77.5 Å². The third kappa shape index (κ3) is 3.01. The lowest BCUT2D eigenvalue weighted by atomic mass is 9.98. The number of nitrogens with one attached hydrogen (secondary N) is 1. The number of aromatic amines is 1. The number of H-pyrrole nitrogens is 1. The number of hydrogen-bond donors (Lipinski definition) is 1. The molecule has 0 bridgehead atoms. The van der Waals surface area contributed by atoms with Gasteiger partial charge >= 0.3 is 0 Å². The summed E-state index contributed by atoms with van der Waals surface area (Å²) < 4.78 is 12.7. The number of fused-ring (bicyclic) bond motifs is 9. The summed E-state index contributed by atoms with van der Waals surface area (Å²) in [4.78, 5) is 3.69. The quantitative estimate of drug-likeness (QED) is 0.234. The molecule has 0 fully saturated rings. The molecule has 0 saturated heterocycles. The third-order valence-corrected chi connectivity index (χ3v) is 8.08. The highest BCUT2D eigenvalue weighted by molar-refractivity contribution is 6.12. The van der Waals surface area contributed by atoms with Gasteiger partial charge in [-0.3, -0.25) is 0 Å². The monoisotopic (exact) mass is 513 g/mol. The van der Waals surface area contributed by atoms with E-state index in [2.05, 4.69) is 89.6 Å². The van der Waals surface area contributed by atoms with Crippen molar-refractivity contribution in [3.63, 3.8) is 0 Å². The summed E-state index contributed by atoms with van der Waals surface area (Å²) in [5.41, 5.74) is 13.6. The molecule has 0 amide bonds. The number of aromatic nitrogens is 1. The standard InChI is InChI=1S/C37H21NO2.H2/c1-2-11-30-28-9-3-5-14-34(28)39-36(30)24(8-1)22-16-18-26-27-19-17-23(21-33(27)38-32(26)20-22)25-12-7-13-31-29-10-4-6-15-35(29)40-37(25)31;/h1,3-21,38H;1H. The Morgan fingerprint density at radius 2 is 1.30 bits per heavy atom. The van der Waals surface area contributed by atoms with Gasteiger partial charge in [0.15, 0.2) is 0 Å². The highest BCUT2D eigenvalue weighted by Gasteiger charge is 2.19. The van der Waals surface area contributed by atoms with E-state index in [9.17, 15) is 0 Å². The van der Waals surface area contributed by atoms with E-state index in [0.29, 0.717) is 0 Å². The smallest absolute Gasteiger partial charge is 0.143 e. The minimum atomic E-state index is 0. The molecule has 1 aliphatic carbocycles. The van der Waals surface area contributed by atoms with Gasteiger partial charge < -0.3 is 13.8 Å². The maximum atomic E-state index is 6.35. The van der Waals surface area contributed by atoms with Crippen LogP contribution in [0.15, 0.2) is 130 Å². The van der Waals surface area contributed by atoms with E-state index in [4.69, 9.17) is 8.83 Å². The minimum Gasteiger partial charge on any atom is -0.455 e. The van der Waals surface area contributed by atoms with E-state index in [1.54, 1.807) is 0 Å². The molecular weight excluding hydrogens is 490 g/mol. The predicted molar refractivity (Wildman–Crippen MR) is 166 cm³/mol. The molecule has 0 aliphatic heterocycles. The van der Waals surface area contributed by atoms with Crippen LogP contribution in [0.25, 0.3) is 77.5 Å². The van der Waals surface area contributed by atoms with Crippen LogP contribution in [0.1, 0.15) is 18.3 Å². The average Bonchev–Trinajstić information content (AvgIpc) is 3.63. The van der Waals surface area contributed by atoms with Crippen LogP contribution in [-0.4, -0.2) is 4.98 Å². The van der Waals surface area contributed by atoms with Crippen LogP contribution < -0.4 is 0 Å². The van der Waals surface area contributed by atoms with E-state index >= 15 is 0 Å². The average molecular weight is 514 g/mol. The molecule has 1 aliphatic rings. The Bertz CT molecular complexity index is 2420. The summed E-state index contributed by atoms with van der Waals surface area (Å²) in [5, 5.41) is 5.77. The molecule has 5 aromatic carbocycles. The van der Waals surface area contributed by atoms with Crippen LogP contribution in [0, 0.1) is 0 Å². The highest BCUT2D eigenvalue weighted by Crippen LogP contribution is 2.39. The second-order valence-electron chi connectivity index (χ2n) is 10.3. The Morgan fingerprint density at radius 3 is 2.15 bits per heavy atom. The van der Waals surface area contributed by atoms with Crippen molar-refractivity contribution in [3.8, 4) is 11.1 Å². The zero-order valence-electron chi connectivity index (χ0n) is 21.4. The minimum absolute atomic E-state index is 0. The normalized spacial score (nSPS) is 13.1. The molecule has 0 atom stereocenters. The van der Waals surface area contributed by atoms with Gasteiger partial charge in [-0.25, -0.2) is 0 Å². The first-order valence-electron chi connectivity index (χ1n) is 13.4. The second-order valence-corrected chi connectivity index (χ2v) is 10.3. The fourth-order valence-electron chi connectivity index (χ4n) is 6.19. The zero-order chi connectivity index (χ0) is 26.2. The van der Waals surface area contributed by atoms with Gasteiger partial charge in [0.1, 0.15) is 22.5 Å². The molecule has 3 nitrogen and oxygen atoms in total. The summed E-state index contributed by atoms with van der Waals surface area (Å²) in [7, 11) is 0. The zero-order valence-corrected chi connectivity index (χ0v) is 21.4. The topological polar surface area (TPSA) is 42.1 Å². The van der Waals surface area contributed by atoms with Crippen molar-refractivity contribution in [1.29, 1.82) is 0 Å². The molecule has 3 aromatic heterocycles. The van der Waals surface area contributed by atoms with Gasteiger partial charge in [0.05, 0.1) is 0 Å². The molecule has 3 heterocycles. The van der Waals surface area contributed by atoms with Gasteiger partial charge in [-0.2, -0.15) is 0 Å². The second kappa shape index (κ2) is 8.00. The number of rotatable bonds is 2. The maximum absolute atomic E-state index is 6.35. The van der Waals surface area contributed by atoms with Gasteiger partial charge in [-0.05, 0) is 53.6 Å². The van der Waals surface area contributed by atoms with Crippen LogP contribution in [0.2, 0.25) is 0 Å². The van der Waals surface area contributed by atoms with Crippen molar-refractivity contribution < 1.29 is 10.3 Å². The van der Waals surface area contributed by atoms with Crippen LogP contribution in [0.5, 0.6) is 0 Å². The summed E-state index contributed by atoms with van der Waals surface area (Å²) in [6.45, 7) is 0. The fraction of sp³-hybridized carbons (Fsp3) is 0. The van der Waals surface area contributed by atoms with Gasteiger partial charge in [0.2, 0.25) is 0 Å². The summed E-state index contributed by atoms with van der Waals surface area (Å²) in [5.74, 6) is 0.874. The Hall–Kier alpha value is -5.50. The SMILES string of the molecule is C1=CC=C(c2ccc3c(c2)[nH]c2cc(-c4cccc5c4oc4ccccc45)ccc23)c2oc3ccccc3c2C=1.[HH]. The Labute approximate surface area is 230 Å². The molecule has 9 rings (SSSR count). The van der Waals surface area contributed by atoms with Crippen molar-refractivity contribution in [2.75, 3.05) is 0 Å². The summed E-state index contributed by atoms with van der Waals surface area (Å²) >= 11 is 0. The number of furan rings is 2. The lowest BCUT2D eigenvalue weighted by molar-refractivity contribution is 0.599. The molecule has 0 spiro atoms. The Balaban J connectivity index is 0.00000256. The first-order chi connectivity index (χ1) is 19.8. The van der Waals surface area contributed by atoms with Gasteiger partial charge in [-0.15, -0.1) is 5.73 Å². The lowest BCUT2D eigenvalue weighted by Gasteiger charge is -2.06. The Kier molecular flexibility index (Phi) is 4.29. The van der Waals surface area contributed by atoms with E-state index in [1.165, 1.54) is 10.8 Å². The summed E-state index contributed by atoms with van der Waals surface area (Å²) in [6, 6.07) is 36.0. The molecule has 0 unspecified atom stereocenters. The van der Waals surface area contributed by atoms with Crippen LogP contribution in [-0.2, 0) is 0 Å². The summed E-state index contributed by atoms with van der Waals surface area (Å²) in [6.07, 6.45) is 6.05. The van der Waals surface area contributed by atoms with Crippen LogP contribution >= 0.6 is 0 Å². The lowest BCUT2D eigenvalue weighted by Crippen LogP contribution is -1.88. The van der Waals surface area contributed by atoms with Crippen molar-refractivity contribution in [1.82, 2.24) is 4.98 Å². The molecule has 1 N–H and O–H groups in total. The first-order valence-corrected chi connectivity index (χ1v) is 13.4. The largest absolute Gasteiger partial charge is 0.455 e.